The van der Waals surface area contributed by atoms with Gasteiger partial charge in [-0.05, 0) is 52.1 Å². The zero-order valence-corrected chi connectivity index (χ0v) is 12.1. The monoisotopic (exact) mass is 333 g/mol. The minimum Gasteiger partial charge on any atom is -0.396 e. The SMILES string of the molecule is CC(C)(CCO)CNCc1ccc(I)cc1. The minimum atomic E-state index is 0.165. The second-order valence-corrected chi connectivity index (χ2v) is 6.11. The molecule has 0 saturated carbocycles. The van der Waals surface area contributed by atoms with E-state index in [9.17, 15) is 0 Å². The third-order valence-corrected chi connectivity index (χ3v) is 3.35. The standard InChI is InChI=1S/C13H20INO/c1-13(2,7-8-16)10-15-9-11-3-5-12(14)6-4-11/h3-6,15-16H,7-10H2,1-2H3. The van der Waals surface area contributed by atoms with Crippen LogP contribution < -0.4 is 5.32 Å². The lowest BCUT2D eigenvalue weighted by Gasteiger charge is -2.24. The summed E-state index contributed by atoms with van der Waals surface area (Å²) in [5, 5.41) is 12.4. The van der Waals surface area contributed by atoms with Crippen LogP contribution in [-0.4, -0.2) is 18.3 Å². The highest BCUT2D eigenvalue weighted by Crippen LogP contribution is 2.18. The zero-order valence-electron chi connectivity index (χ0n) is 9.96. The maximum absolute atomic E-state index is 8.92. The number of aliphatic hydroxyl groups is 1. The summed E-state index contributed by atoms with van der Waals surface area (Å²) in [5.41, 5.74) is 1.47. The Hall–Kier alpha value is -0.130. The summed E-state index contributed by atoms with van der Waals surface area (Å²) >= 11 is 2.31. The van der Waals surface area contributed by atoms with Crippen molar-refractivity contribution in [3.05, 3.63) is 33.4 Å². The zero-order chi connectivity index (χ0) is 12.0. The molecule has 0 radical (unpaired) electrons. The maximum Gasteiger partial charge on any atom is 0.0436 e. The van der Waals surface area contributed by atoms with E-state index in [1.54, 1.807) is 0 Å². The number of halogens is 1. The van der Waals surface area contributed by atoms with Crippen LogP contribution in [0.15, 0.2) is 24.3 Å². The molecule has 90 valence electrons. The van der Waals surface area contributed by atoms with Crippen LogP contribution in [0.25, 0.3) is 0 Å². The topological polar surface area (TPSA) is 32.3 Å². The lowest BCUT2D eigenvalue weighted by Crippen LogP contribution is -2.29. The van der Waals surface area contributed by atoms with Crippen molar-refractivity contribution in [1.82, 2.24) is 5.32 Å². The van der Waals surface area contributed by atoms with Crippen LogP contribution in [0.3, 0.4) is 0 Å². The Balaban J connectivity index is 2.32. The third kappa shape index (κ3) is 5.27. The number of benzene rings is 1. The van der Waals surface area contributed by atoms with E-state index in [0.717, 1.165) is 19.5 Å². The lowest BCUT2D eigenvalue weighted by molar-refractivity contribution is 0.207. The van der Waals surface area contributed by atoms with Crippen molar-refractivity contribution in [3.63, 3.8) is 0 Å². The first kappa shape index (κ1) is 13.9. The van der Waals surface area contributed by atoms with Crippen molar-refractivity contribution in [2.45, 2.75) is 26.8 Å². The van der Waals surface area contributed by atoms with Gasteiger partial charge < -0.3 is 10.4 Å². The first-order valence-corrected chi connectivity index (χ1v) is 6.67. The van der Waals surface area contributed by atoms with E-state index in [4.69, 9.17) is 5.11 Å². The van der Waals surface area contributed by atoms with Gasteiger partial charge >= 0.3 is 0 Å². The molecule has 16 heavy (non-hydrogen) atoms. The van der Waals surface area contributed by atoms with Gasteiger partial charge in [0.15, 0.2) is 0 Å². The van der Waals surface area contributed by atoms with Crippen LogP contribution in [0.2, 0.25) is 0 Å². The summed E-state index contributed by atoms with van der Waals surface area (Å²) in [6.07, 6.45) is 0.840. The fourth-order valence-electron chi connectivity index (χ4n) is 1.54. The molecule has 0 bridgehead atoms. The highest BCUT2D eigenvalue weighted by atomic mass is 127. The fraction of sp³-hybridized carbons (Fsp3) is 0.538. The number of hydrogen-bond acceptors (Lipinski definition) is 2. The smallest absolute Gasteiger partial charge is 0.0436 e. The Morgan fingerprint density at radius 1 is 1.25 bits per heavy atom. The van der Waals surface area contributed by atoms with Gasteiger partial charge in [0.05, 0.1) is 0 Å². The summed E-state index contributed by atoms with van der Waals surface area (Å²) < 4.78 is 1.27. The van der Waals surface area contributed by atoms with Crippen molar-refractivity contribution in [2.24, 2.45) is 5.41 Å². The van der Waals surface area contributed by atoms with Gasteiger partial charge in [-0.25, -0.2) is 0 Å². The van der Waals surface area contributed by atoms with Crippen molar-refractivity contribution < 1.29 is 5.11 Å². The molecule has 0 heterocycles. The van der Waals surface area contributed by atoms with Crippen molar-refractivity contribution >= 4 is 22.6 Å². The van der Waals surface area contributed by atoms with Crippen LogP contribution in [0.4, 0.5) is 0 Å². The van der Waals surface area contributed by atoms with Crippen LogP contribution in [0.5, 0.6) is 0 Å². The first-order chi connectivity index (χ1) is 7.53. The Morgan fingerprint density at radius 2 is 1.88 bits per heavy atom. The maximum atomic E-state index is 8.92. The summed E-state index contributed by atoms with van der Waals surface area (Å²) in [4.78, 5) is 0. The van der Waals surface area contributed by atoms with Gasteiger partial charge in [0.25, 0.3) is 0 Å². The Morgan fingerprint density at radius 3 is 2.44 bits per heavy atom. The predicted octanol–water partition coefficient (Wildman–Crippen LogP) is 2.79. The summed E-state index contributed by atoms with van der Waals surface area (Å²) in [6.45, 7) is 6.43. The highest BCUT2D eigenvalue weighted by Gasteiger charge is 2.15. The summed E-state index contributed by atoms with van der Waals surface area (Å²) in [6, 6.07) is 8.54. The van der Waals surface area contributed by atoms with Crippen LogP contribution in [-0.2, 0) is 6.54 Å². The number of aliphatic hydroxyl groups excluding tert-OH is 1. The van der Waals surface area contributed by atoms with E-state index < -0.39 is 0 Å². The van der Waals surface area contributed by atoms with Crippen LogP contribution >= 0.6 is 22.6 Å². The van der Waals surface area contributed by atoms with Gasteiger partial charge in [0, 0.05) is 23.3 Å². The lowest BCUT2D eigenvalue weighted by atomic mass is 9.90. The first-order valence-electron chi connectivity index (χ1n) is 5.59. The number of rotatable bonds is 6. The van der Waals surface area contributed by atoms with Crippen molar-refractivity contribution in [1.29, 1.82) is 0 Å². The third-order valence-electron chi connectivity index (χ3n) is 2.63. The molecule has 0 atom stereocenters. The van der Waals surface area contributed by atoms with Gasteiger partial charge in [0.1, 0.15) is 0 Å². The molecule has 2 N–H and O–H groups in total. The largest absolute Gasteiger partial charge is 0.396 e. The summed E-state index contributed by atoms with van der Waals surface area (Å²) in [5.74, 6) is 0. The van der Waals surface area contributed by atoms with Gasteiger partial charge in [-0.1, -0.05) is 26.0 Å². The quantitative estimate of drug-likeness (QED) is 0.785. The predicted molar refractivity (Wildman–Crippen MR) is 76.3 cm³/mol. The highest BCUT2D eigenvalue weighted by molar-refractivity contribution is 14.1. The molecule has 0 fully saturated rings. The molecule has 1 aromatic carbocycles. The normalized spacial score (nSPS) is 11.8. The molecule has 0 aliphatic carbocycles. The molecule has 1 aromatic rings. The average molecular weight is 333 g/mol. The molecule has 0 amide bonds. The molecule has 0 spiro atoms. The number of nitrogens with one attached hydrogen (secondary N) is 1. The number of hydrogen-bond donors (Lipinski definition) is 2. The Kier molecular flexibility index (Phi) is 5.72. The molecule has 0 aromatic heterocycles. The molecule has 0 aliphatic rings. The van der Waals surface area contributed by atoms with Crippen LogP contribution in [0.1, 0.15) is 25.8 Å². The second-order valence-electron chi connectivity index (χ2n) is 4.87. The van der Waals surface area contributed by atoms with E-state index in [0.29, 0.717) is 0 Å². The van der Waals surface area contributed by atoms with Crippen molar-refractivity contribution in [3.8, 4) is 0 Å². The van der Waals surface area contributed by atoms with Gasteiger partial charge in [-0.3, -0.25) is 0 Å². The fourth-order valence-corrected chi connectivity index (χ4v) is 1.90. The second kappa shape index (κ2) is 6.57. The molecule has 1 rings (SSSR count). The van der Waals surface area contributed by atoms with E-state index in [1.807, 2.05) is 0 Å². The molecular formula is C13H20INO. The van der Waals surface area contributed by atoms with Gasteiger partial charge in [-0.2, -0.15) is 0 Å². The molecule has 3 heteroatoms. The molecule has 0 aliphatic heterocycles. The molecular weight excluding hydrogens is 313 g/mol. The van der Waals surface area contributed by atoms with Gasteiger partial charge in [-0.15, -0.1) is 0 Å². The molecule has 2 nitrogen and oxygen atoms in total. The molecule has 0 unspecified atom stereocenters. The van der Waals surface area contributed by atoms with Gasteiger partial charge in [0.2, 0.25) is 0 Å². The van der Waals surface area contributed by atoms with Crippen molar-refractivity contribution in [2.75, 3.05) is 13.2 Å². The molecule has 0 saturated heterocycles. The van der Waals surface area contributed by atoms with E-state index in [1.165, 1.54) is 9.13 Å². The Bertz CT molecular complexity index is 308. The Labute approximate surface area is 112 Å². The summed E-state index contributed by atoms with van der Waals surface area (Å²) in [7, 11) is 0. The minimum absolute atomic E-state index is 0.165. The van der Waals surface area contributed by atoms with E-state index in [2.05, 4.69) is 66.0 Å². The van der Waals surface area contributed by atoms with E-state index >= 15 is 0 Å². The van der Waals surface area contributed by atoms with E-state index in [-0.39, 0.29) is 12.0 Å². The van der Waals surface area contributed by atoms with Crippen LogP contribution in [0, 0.1) is 8.99 Å². The average Bonchev–Trinajstić information content (AvgIpc) is 2.20.